The molecule has 1 aromatic rings. The lowest BCUT2D eigenvalue weighted by molar-refractivity contribution is -0.191. The molecule has 0 aromatic heterocycles. The molecule has 1 aromatic carbocycles. The molecule has 1 unspecified atom stereocenters. The van der Waals surface area contributed by atoms with Gasteiger partial charge < -0.3 is 4.74 Å². The maximum Gasteiger partial charge on any atom is 0.430 e. The fourth-order valence-electron chi connectivity index (χ4n) is 2.20. The summed E-state index contributed by atoms with van der Waals surface area (Å²) in [7, 11) is 0. The molecule has 6 nitrogen and oxygen atoms in total. The highest BCUT2D eigenvalue weighted by Gasteiger charge is 2.52. The molecule has 0 N–H and O–H groups in total. The number of nitrogens with zero attached hydrogens (tertiary/aromatic N) is 2. The molecule has 2 amide bonds. The van der Waals surface area contributed by atoms with Gasteiger partial charge in [0.2, 0.25) is 0 Å². The van der Waals surface area contributed by atoms with E-state index < -0.39 is 17.7 Å². The first-order chi connectivity index (χ1) is 10.2. The third-order valence-corrected chi connectivity index (χ3v) is 3.13. The summed E-state index contributed by atoms with van der Waals surface area (Å²) in [5.74, 6) is -0.762. The lowest BCUT2D eigenvalue weighted by atomic mass is 10.1. The van der Waals surface area contributed by atoms with Gasteiger partial charge in [-0.3, -0.25) is 9.59 Å². The van der Waals surface area contributed by atoms with Crippen molar-refractivity contribution in [2.75, 3.05) is 0 Å². The van der Waals surface area contributed by atoms with E-state index in [1.165, 1.54) is 11.9 Å². The van der Waals surface area contributed by atoms with Crippen molar-refractivity contribution in [1.29, 1.82) is 0 Å². The Morgan fingerprint density at radius 3 is 2.27 bits per heavy atom. The molecule has 2 rings (SSSR count). The maximum absolute atomic E-state index is 12.3. The molecule has 6 heteroatoms. The molecule has 0 radical (unpaired) electrons. The molecule has 1 aliphatic rings. The van der Waals surface area contributed by atoms with Crippen LogP contribution in [0.4, 0.5) is 4.79 Å². The first-order valence-electron chi connectivity index (χ1n) is 7.08. The Balaban J connectivity index is 2.19. The van der Waals surface area contributed by atoms with E-state index in [4.69, 9.17) is 4.74 Å². The minimum atomic E-state index is -1.08. The van der Waals surface area contributed by atoms with Crippen LogP contribution in [0.25, 0.3) is 0 Å². The molecular weight excluding hydrogens is 284 g/mol. The predicted molar refractivity (Wildman–Crippen MR) is 79.5 cm³/mol. The largest absolute Gasteiger partial charge is 0.442 e. The SMILES string of the molecule is CC(=O)C1C(=O)N(Cc2ccccc2)N1C(=O)OC(C)(C)C. The number of hydrogen-bond donors (Lipinski definition) is 0. The summed E-state index contributed by atoms with van der Waals surface area (Å²) >= 11 is 0. The molecule has 1 fully saturated rings. The second kappa shape index (κ2) is 5.79. The second-order valence-corrected chi connectivity index (χ2v) is 6.22. The fourth-order valence-corrected chi connectivity index (χ4v) is 2.20. The third-order valence-electron chi connectivity index (χ3n) is 3.13. The fraction of sp³-hybridized carbons (Fsp3) is 0.438. The molecule has 0 saturated carbocycles. The molecule has 0 bridgehead atoms. The molecule has 1 saturated heterocycles. The first kappa shape index (κ1) is 16.0. The zero-order valence-corrected chi connectivity index (χ0v) is 13.2. The summed E-state index contributed by atoms with van der Waals surface area (Å²) in [5, 5.41) is 2.35. The lowest BCUT2D eigenvalue weighted by Crippen LogP contribution is -2.72. The highest BCUT2D eigenvalue weighted by Crippen LogP contribution is 2.26. The number of ketones is 1. The summed E-state index contributed by atoms with van der Waals surface area (Å²) in [4.78, 5) is 36.0. The van der Waals surface area contributed by atoms with Gasteiger partial charge >= 0.3 is 6.09 Å². The third kappa shape index (κ3) is 3.27. The van der Waals surface area contributed by atoms with Crippen molar-refractivity contribution >= 4 is 17.8 Å². The molecule has 1 heterocycles. The zero-order valence-electron chi connectivity index (χ0n) is 13.2. The van der Waals surface area contributed by atoms with Crippen LogP contribution in [-0.2, 0) is 20.9 Å². The van der Waals surface area contributed by atoms with E-state index in [0.29, 0.717) is 0 Å². The molecule has 22 heavy (non-hydrogen) atoms. The number of hydrogen-bond acceptors (Lipinski definition) is 4. The highest BCUT2D eigenvalue weighted by atomic mass is 16.6. The van der Waals surface area contributed by atoms with Crippen molar-refractivity contribution in [2.45, 2.75) is 45.9 Å². The van der Waals surface area contributed by atoms with Crippen molar-refractivity contribution in [3.8, 4) is 0 Å². The molecular formula is C16H20N2O4. The molecule has 118 valence electrons. The van der Waals surface area contributed by atoms with Crippen LogP contribution >= 0.6 is 0 Å². The summed E-state index contributed by atoms with van der Waals surface area (Å²) in [5.41, 5.74) is 0.168. The van der Waals surface area contributed by atoms with E-state index in [9.17, 15) is 14.4 Å². The normalized spacial score (nSPS) is 18.0. The van der Waals surface area contributed by atoms with Crippen LogP contribution in [0.1, 0.15) is 33.3 Å². The Morgan fingerprint density at radius 1 is 1.18 bits per heavy atom. The van der Waals surface area contributed by atoms with Crippen molar-refractivity contribution in [1.82, 2.24) is 10.0 Å². The van der Waals surface area contributed by atoms with Crippen LogP contribution in [0, 0.1) is 0 Å². The van der Waals surface area contributed by atoms with Gasteiger partial charge in [-0.15, -0.1) is 0 Å². The van der Waals surface area contributed by atoms with Crippen molar-refractivity contribution in [3.63, 3.8) is 0 Å². The lowest BCUT2D eigenvalue weighted by Gasteiger charge is -2.48. The van der Waals surface area contributed by atoms with Gasteiger partial charge in [0.1, 0.15) is 5.60 Å². The predicted octanol–water partition coefficient (Wildman–Crippen LogP) is 2.14. The first-order valence-corrected chi connectivity index (χ1v) is 7.08. The average Bonchev–Trinajstić information content (AvgIpc) is 2.40. The van der Waals surface area contributed by atoms with E-state index in [0.717, 1.165) is 10.6 Å². The van der Waals surface area contributed by atoms with Gasteiger partial charge in [0.25, 0.3) is 5.91 Å². The van der Waals surface area contributed by atoms with Gasteiger partial charge in [-0.1, -0.05) is 30.3 Å². The number of carbonyl (C=O) groups is 3. The monoisotopic (exact) mass is 304 g/mol. The quantitative estimate of drug-likeness (QED) is 0.802. The van der Waals surface area contributed by atoms with Crippen LogP contribution in [0.3, 0.4) is 0 Å². The molecule has 1 atom stereocenters. The van der Waals surface area contributed by atoms with Crippen LogP contribution in [0.2, 0.25) is 0 Å². The zero-order chi connectivity index (χ0) is 16.5. The summed E-state index contributed by atoms with van der Waals surface area (Å²) < 4.78 is 5.28. The minimum absolute atomic E-state index is 0.225. The Bertz CT molecular complexity index is 592. The number of Topliss-reactive ketones (excluding diaryl/α,β-unsaturated/α-hetero) is 1. The number of benzene rings is 1. The second-order valence-electron chi connectivity index (χ2n) is 6.22. The van der Waals surface area contributed by atoms with Gasteiger partial charge in [0, 0.05) is 0 Å². The number of amides is 2. The number of hydrazine groups is 1. The molecule has 0 spiro atoms. The summed E-state index contributed by atoms with van der Waals surface area (Å²) in [6, 6.07) is 8.17. The topological polar surface area (TPSA) is 66.9 Å². The van der Waals surface area contributed by atoms with Crippen molar-refractivity contribution in [3.05, 3.63) is 35.9 Å². The van der Waals surface area contributed by atoms with Gasteiger partial charge in [-0.25, -0.2) is 9.80 Å². The van der Waals surface area contributed by atoms with E-state index in [-0.39, 0.29) is 18.2 Å². The van der Waals surface area contributed by atoms with Crippen LogP contribution in [0.5, 0.6) is 0 Å². The standard InChI is InChI=1S/C16H20N2O4/c1-11(19)13-14(20)17(10-12-8-6-5-7-9-12)18(13)15(21)22-16(2,3)4/h5-9,13H,10H2,1-4H3. The molecule has 1 aliphatic heterocycles. The number of rotatable bonds is 3. The van der Waals surface area contributed by atoms with E-state index in [2.05, 4.69) is 0 Å². The Labute approximate surface area is 129 Å². The number of carbonyl (C=O) groups excluding carboxylic acids is 3. The van der Waals surface area contributed by atoms with Gasteiger partial charge in [-0.05, 0) is 33.3 Å². The summed E-state index contributed by atoms with van der Waals surface area (Å²) in [6.07, 6.45) is -0.691. The van der Waals surface area contributed by atoms with Crippen molar-refractivity contribution in [2.24, 2.45) is 0 Å². The van der Waals surface area contributed by atoms with Crippen LogP contribution in [0.15, 0.2) is 30.3 Å². The van der Waals surface area contributed by atoms with Crippen molar-refractivity contribution < 1.29 is 19.1 Å². The van der Waals surface area contributed by atoms with Crippen LogP contribution < -0.4 is 0 Å². The van der Waals surface area contributed by atoms with E-state index in [1.807, 2.05) is 30.3 Å². The van der Waals surface area contributed by atoms with Gasteiger partial charge in [0.05, 0.1) is 6.54 Å². The molecule has 0 aliphatic carbocycles. The van der Waals surface area contributed by atoms with E-state index in [1.54, 1.807) is 20.8 Å². The van der Waals surface area contributed by atoms with Gasteiger partial charge in [0.15, 0.2) is 11.8 Å². The average molecular weight is 304 g/mol. The van der Waals surface area contributed by atoms with Gasteiger partial charge in [-0.2, -0.15) is 5.01 Å². The number of ether oxygens (including phenoxy) is 1. The Kier molecular flexibility index (Phi) is 4.21. The smallest absolute Gasteiger partial charge is 0.430 e. The minimum Gasteiger partial charge on any atom is -0.442 e. The van der Waals surface area contributed by atoms with Crippen LogP contribution in [-0.4, -0.2) is 39.4 Å². The maximum atomic E-state index is 12.3. The Morgan fingerprint density at radius 2 is 1.77 bits per heavy atom. The van der Waals surface area contributed by atoms with E-state index >= 15 is 0 Å². The Hall–Kier alpha value is -2.37. The highest BCUT2D eigenvalue weighted by molar-refractivity contribution is 6.10. The summed E-state index contributed by atoms with van der Waals surface area (Å²) in [6.45, 7) is 6.72.